The maximum atomic E-state index is 4.00. The summed E-state index contributed by atoms with van der Waals surface area (Å²) in [5.41, 5.74) is 9.49. The second kappa shape index (κ2) is 5.44. The molecule has 0 saturated carbocycles. The molecule has 2 rings (SSSR count). The normalized spacial score (nSPS) is 13.5. The highest BCUT2D eigenvalue weighted by molar-refractivity contribution is 5.85. The molecule has 0 amide bonds. The van der Waals surface area contributed by atoms with E-state index in [4.69, 9.17) is 0 Å². The van der Waals surface area contributed by atoms with Gasteiger partial charge in [0.05, 0.1) is 0 Å². The largest absolute Gasteiger partial charge is 0.0984 e. The lowest BCUT2D eigenvalue weighted by Gasteiger charge is -2.18. The van der Waals surface area contributed by atoms with E-state index in [9.17, 15) is 0 Å². The van der Waals surface area contributed by atoms with Crippen LogP contribution >= 0.6 is 0 Å². The lowest BCUT2D eigenvalue weighted by molar-refractivity contribution is 1.06. The van der Waals surface area contributed by atoms with Gasteiger partial charge in [-0.3, -0.25) is 0 Å². The number of hydrogen-bond donors (Lipinski definition) is 0. The van der Waals surface area contributed by atoms with Crippen molar-refractivity contribution in [3.05, 3.63) is 58.2 Å². The molecule has 0 unspecified atom stereocenters. The first kappa shape index (κ1) is 13.6. The Bertz CT molecular complexity index is 595. The molecule has 0 N–H and O–H groups in total. The SMILES string of the molecule is C=Cc1c(C=C)c(/C=C\C)c(CC)c2c1C=C(C)C2. The Labute approximate surface area is 116 Å². The monoisotopic (exact) mass is 250 g/mol. The molecule has 0 heterocycles. The van der Waals surface area contributed by atoms with E-state index in [0.717, 1.165) is 12.8 Å². The molecule has 98 valence electrons. The minimum atomic E-state index is 1.06. The van der Waals surface area contributed by atoms with Crippen LogP contribution in [0.1, 0.15) is 54.2 Å². The first-order chi connectivity index (χ1) is 9.17. The summed E-state index contributed by atoms with van der Waals surface area (Å²) in [7, 11) is 0. The molecule has 0 heteroatoms. The third-order valence-corrected chi connectivity index (χ3v) is 3.83. The molecule has 0 aliphatic heterocycles. The molecule has 1 aromatic carbocycles. The fourth-order valence-electron chi connectivity index (χ4n) is 3.08. The molecule has 0 nitrogen and oxygen atoms in total. The summed E-state index contributed by atoms with van der Waals surface area (Å²) in [6.45, 7) is 14.5. The van der Waals surface area contributed by atoms with Crippen LogP contribution in [0.5, 0.6) is 0 Å². The van der Waals surface area contributed by atoms with E-state index in [1.54, 1.807) is 0 Å². The summed E-state index contributed by atoms with van der Waals surface area (Å²) < 4.78 is 0. The maximum Gasteiger partial charge on any atom is -0.00574 e. The molecular formula is C19H22. The van der Waals surface area contributed by atoms with Crippen molar-refractivity contribution >= 4 is 24.3 Å². The van der Waals surface area contributed by atoms with Crippen LogP contribution in [-0.4, -0.2) is 0 Å². The van der Waals surface area contributed by atoms with E-state index < -0.39 is 0 Å². The van der Waals surface area contributed by atoms with Crippen LogP contribution in [0.3, 0.4) is 0 Å². The van der Waals surface area contributed by atoms with Gasteiger partial charge >= 0.3 is 0 Å². The number of benzene rings is 1. The third-order valence-electron chi connectivity index (χ3n) is 3.83. The van der Waals surface area contributed by atoms with E-state index in [2.05, 4.69) is 52.2 Å². The molecule has 0 saturated heterocycles. The second-order valence-electron chi connectivity index (χ2n) is 5.04. The average molecular weight is 250 g/mol. The summed E-state index contributed by atoms with van der Waals surface area (Å²) in [5, 5.41) is 0. The Morgan fingerprint density at radius 1 is 1.16 bits per heavy atom. The number of hydrogen-bond acceptors (Lipinski definition) is 0. The first-order valence-electron chi connectivity index (χ1n) is 6.94. The van der Waals surface area contributed by atoms with Gasteiger partial charge in [0.15, 0.2) is 0 Å². The molecule has 0 radical (unpaired) electrons. The molecule has 1 aliphatic rings. The summed E-state index contributed by atoms with van der Waals surface area (Å²) in [6.07, 6.45) is 12.7. The van der Waals surface area contributed by atoms with Gasteiger partial charge in [0.2, 0.25) is 0 Å². The maximum absolute atomic E-state index is 4.00. The zero-order valence-corrected chi connectivity index (χ0v) is 12.2. The molecule has 0 fully saturated rings. The highest BCUT2D eigenvalue weighted by atomic mass is 14.2. The van der Waals surface area contributed by atoms with Crippen LogP contribution in [0, 0.1) is 0 Å². The summed E-state index contributed by atoms with van der Waals surface area (Å²) in [6, 6.07) is 0. The lowest BCUT2D eigenvalue weighted by atomic mass is 9.86. The zero-order chi connectivity index (χ0) is 14.0. The van der Waals surface area contributed by atoms with Crippen LogP contribution in [0.15, 0.2) is 24.8 Å². The van der Waals surface area contributed by atoms with E-state index in [1.807, 2.05) is 12.2 Å². The lowest BCUT2D eigenvalue weighted by Crippen LogP contribution is -2.02. The Kier molecular flexibility index (Phi) is 3.90. The Hall–Kier alpha value is -1.82. The minimum Gasteiger partial charge on any atom is -0.0984 e. The van der Waals surface area contributed by atoms with Gasteiger partial charge in [-0.05, 0) is 60.1 Å². The van der Waals surface area contributed by atoms with Crippen molar-refractivity contribution in [2.45, 2.75) is 33.6 Å². The van der Waals surface area contributed by atoms with Crippen molar-refractivity contribution in [1.82, 2.24) is 0 Å². The highest BCUT2D eigenvalue weighted by Crippen LogP contribution is 2.37. The van der Waals surface area contributed by atoms with Crippen molar-refractivity contribution in [2.24, 2.45) is 0 Å². The van der Waals surface area contributed by atoms with Gasteiger partial charge in [-0.1, -0.05) is 56.0 Å². The number of allylic oxidation sites excluding steroid dienone is 2. The van der Waals surface area contributed by atoms with Gasteiger partial charge in [0.25, 0.3) is 0 Å². The van der Waals surface area contributed by atoms with Gasteiger partial charge in [-0.25, -0.2) is 0 Å². The average Bonchev–Trinajstić information content (AvgIpc) is 2.78. The van der Waals surface area contributed by atoms with E-state index in [0.29, 0.717) is 0 Å². The minimum absolute atomic E-state index is 1.06. The van der Waals surface area contributed by atoms with Gasteiger partial charge in [0.1, 0.15) is 0 Å². The first-order valence-corrected chi connectivity index (χ1v) is 6.94. The number of fused-ring (bicyclic) bond motifs is 1. The van der Waals surface area contributed by atoms with Crippen LogP contribution in [0.25, 0.3) is 24.3 Å². The van der Waals surface area contributed by atoms with Gasteiger partial charge < -0.3 is 0 Å². The molecule has 1 aliphatic carbocycles. The smallest absolute Gasteiger partial charge is 0.00574 e. The topological polar surface area (TPSA) is 0 Å². The fourth-order valence-corrected chi connectivity index (χ4v) is 3.08. The predicted octanol–water partition coefficient (Wildman–Crippen LogP) is 5.53. The molecule has 19 heavy (non-hydrogen) atoms. The molecule has 0 bridgehead atoms. The molecule has 0 aromatic heterocycles. The summed E-state index contributed by atoms with van der Waals surface area (Å²) in [4.78, 5) is 0. The number of rotatable bonds is 4. The van der Waals surface area contributed by atoms with Crippen LogP contribution in [0.2, 0.25) is 0 Å². The Morgan fingerprint density at radius 3 is 2.37 bits per heavy atom. The highest BCUT2D eigenvalue weighted by Gasteiger charge is 2.21. The second-order valence-corrected chi connectivity index (χ2v) is 5.04. The summed E-state index contributed by atoms with van der Waals surface area (Å²) in [5.74, 6) is 0. The van der Waals surface area contributed by atoms with Crippen molar-refractivity contribution in [2.75, 3.05) is 0 Å². The Balaban J connectivity index is 2.89. The zero-order valence-electron chi connectivity index (χ0n) is 12.2. The van der Waals surface area contributed by atoms with Crippen LogP contribution in [0.4, 0.5) is 0 Å². The Morgan fingerprint density at radius 2 is 1.84 bits per heavy atom. The van der Waals surface area contributed by atoms with Crippen molar-refractivity contribution in [3.8, 4) is 0 Å². The molecule has 1 aromatic rings. The van der Waals surface area contributed by atoms with Crippen LogP contribution < -0.4 is 0 Å². The van der Waals surface area contributed by atoms with E-state index in [1.165, 1.54) is 39.0 Å². The van der Waals surface area contributed by atoms with Crippen molar-refractivity contribution in [1.29, 1.82) is 0 Å². The standard InChI is InChI=1S/C19H22/c1-6-10-17-14(7-2)15(8-3)18-11-13(5)12-19(18)16(17)9-4/h6-8,10-11H,2-3,9,12H2,1,4-5H3/b10-6-. The predicted molar refractivity (Wildman–Crippen MR) is 88.1 cm³/mol. The van der Waals surface area contributed by atoms with Crippen LogP contribution in [-0.2, 0) is 12.8 Å². The summed E-state index contributed by atoms with van der Waals surface area (Å²) >= 11 is 0. The quantitative estimate of drug-likeness (QED) is 0.659. The van der Waals surface area contributed by atoms with Gasteiger partial charge in [-0.2, -0.15) is 0 Å². The fraction of sp³-hybridized carbons (Fsp3) is 0.263. The van der Waals surface area contributed by atoms with E-state index in [-0.39, 0.29) is 0 Å². The van der Waals surface area contributed by atoms with Gasteiger partial charge in [0, 0.05) is 0 Å². The molecule has 0 atom stereocenters. The van der Waals surface area contributed by atoms with Gasteiger partial charge in [-0.15, -0.1) is 0 Å². The van der Waals surface area contributed by atoms with Crippen molar-refractivity contribution in [3.63, 3.8) is 0 Å². The molecular weight excluding hydrogens is 228 g/mol. The molecule has 0 spiro atoms. The van der Waals surface area contributed by atoms with Crippen molar-refractivity contribution < 1.29 is 0 Å². The third kappa shape index (κ3) is 2.12. The van der Waals surface area contributed by atoms with E-state index >= 15 is 0 Å².